The van der Waals surface area contributed by atoms with Gasteiger partial charge in [0.25, 0.3) is 0 Å². The van der Waals surface area contributed by atoms with Crippen LogP contribution in [0.25, 0.3) is 0 Å². The molecule has 10 heavy (non-hydrogen) atoms. The Kier molecular flexibility index (Phi) is 2.53. The fourth-order valence-electron chi connectivity index (χ4n) is 0.736. The number of hydrogen-bond donors (Lipinski definition) is 1. The standard InChI is InChI=1S/C6H8N2OS/c9-4-3-8-2-1-7-6(8)5-10/h1-2,5,9H,3-4H2. The molecule has 0 amide bonds. The van der Waals surface area contributed by atoms with E-state index in [0.29, 0.717) is 6.54 Å². The Labute approximate surface area is 64.3 Å². The molecule has 0 spiro atoms. The predicted molar refractivity (Wildman–Crippen MR) is 42.1 cm³/mol. The highest BCUT2D eigenvalue weighted by atomic mass is 32.1. The maximum Gasteiger partial charge on any atom is 0.143 e. The lowest BCUT2D eigenvalue weighted by Crippen LogP contribution is -2.04. The molecule has 0 bridgehead atoms. The van der Waals surface area contributed by atoms with E-state index >= 15 is 0 Å². The third-order valence-corrected chi connectivity index (χ3v) is 1.40. The van der Waals surface area contributed by atoms with E-state index in [2.05, 4.69) is 17.2 Å². The van der Waals surface area contributed by atoms with Gasteiger partial charge in [-0.25, -0.2) is 4.98 Å². The van der Waals surface area contributed by atoms with Crippen LogP contribution in [0.5, 0.6) is 0 Å². The first-order chi connectivity index (χ1) is 4.88. The molecule has 4 heteroatoms. The molecule has 1 rings (SSSR count). The number of hydrogen-bond acceptors (Lipinski definition) is 3. The number of nitrogens with zero attached hydrogens (tertiary/aromatic N) is 2. The lowest BCUT2D eigenvalue weighted by molar-refractivity contribution is 0.276. The van der Waals surface area contributed by atoms with Gasteiger partial charge in [-0.3, -0.25) is 0 Å². The van der Waals surface area contributed by atoms with Crippen molar-refractivity contribution in [1.82, 2.24) is 9.55 Å². The fraction of sp³-hybridized carbons (Fsp3) is 0.333. The summed E-state index contributed by atoms with van der Waals surface area (Å²) in [6.45, 7) is 0.676. The molecule has 0 saturated heterocycles. The van der Waals surface area contributed by atoms with Crippen LogP contribution < -0.4 is 0 Å². The van der Waals surface area contributed by atoms with Crippen molar-refractivity contribution < 1.29 is 5.11 Å². The minimum Gasteiger partial charge on any atom is -0.395 e. The Morgan fingerprint density at radius 2 is 2.60 bits per heavy atom. The summed E-state index contributed by atoms with van der Waals surface area (Å²) in [5.74, 6) is 0.726. The predicted octanol–water partition coefficient (Wildman–Crippen LogP) is 0.223. The second kappa shape index (κ2) is 3.43. The molecule has 54 valence electrons. The average Bonchev–Trinajstić information content (AvgIpc) is 2.36. The topological polar surface area (TPSA) is 38.0 Å². The molecule has 0 aliphatic heterocycles. The van der Waals surface area contributed by atoms with E-state index in [1.807, 2.05) is 0 Å². The third-order valence-electron chi connectivity index (χ3n) is 1.19. The van der Waals surface area contributed by atoms with Gasteiger partial charge in [-0.1, -0.05) is 12.2 Å². The van der Waals surface area contributed by atoms with Crippen molar-refractivity contribution in [3.05, 3.63) is 18.2 Å². The van der Waals surface area contributed by atoms with E-state index in [0.717, 1.165) is 5.82 Å². The highest BCUT2D eigenvalue weighted by molar-refractivity contribution is 7.79. The molecule has 1 aromatic heterocycles. The molecule has 3 nitrogen and oxygen atoms in total. The Morgan fingerprint density at radius 1 is 1.80 bits per heavy atom. The number of imidazole rings is 1. The van der Waals surface area contributed by atoms with E-state index < -0.39 is 0 Å². The second-order valence-electron chi connectivity index (χ2n) is 1.82. The van der Waals surface area contributed by atoms with Gasteiger partial charge in [-0.05, 0) is 0 Å². The molecular weight excluding hydrogens is 148 g/mol. The van der Waals surface area contributed by atoms with E-state index in [1.54, 1.807) is 17.0 Å². The smallest absolute Gasteiger partial charge is 0.143 e. The van der Waals surface area contributed by atoms with Crippen LogP contribution in [0.4, 0.5) is 0 Å². The zero-order valence-electron chi connectivity index (χ0n) is 5.40. The Morgan fingerprint density at radius 3 is 3.20 bits per heavy atom. The number of aromatic nitrogens is 2. The average molecular weight is 156 g/mol. The van der Waals surface area contributed by atoms with Crippen LogP contribution in [0.15, 0.2) is 12.4 Å². The third kappa shape index (κ3) is 1.40. The quantitative estimate of drug-likeness (QED) is 0.636. The molecule has 0 atom stereocenters. The van der Waals surface area contributed by atoms with Gasteiger partial charge < -0.3 is 9.67 Å². The number of aliphatic hydroxyl groups is 1. The van der Waals surface area contributed by atoms with Gasteiger partial charge in [-0.15, -0.1) is 0 Å². The normalized spacial score (nSPS) is 9.70. The molecule has 0 saturated carbocycles. The van der Waals surface area contributed by atoms with Crippen molar-refractivity contribution in [1.29, 1.82) is 0 Å². The van der Waals surface area contributed by atoms with Crippen LogP contribution in [-0.2, 0) is 6.54 Å². The minimum absolute atomic E-state index is 0.118. The van der Waals surface area contributed by atoms with Crippen molar-refractivity contribution in [3.8, 4) is 0 Å². The highest BCUT2D eigenvalue weighted by Gasteiger charge is 1.95. The second-order valence-corrected chi connectivity index (χ2v) is 2.06. The monoisotopic (exact) mass is 156 g/mol. The van der Waals surface area contributed by atoms with Gasteiger partial charge in [0.1, 0.15) is 5.82 Å². The molecule has 0 fully saturated rings. The first-order valence-electron chi connectivity index (χ1n) is 2.95. The van der Waals surface area contributed by atoms with Gasteiger partial charge in [-0.2, -0.15) is 0 Å². The summed E-state index contributed by atoms with van der Waals surface area (Å²) in [4.78, 5) is 3.95. The Balaban J connectivity index is 2.79. The fourth-order valence-corrected chi connectivity index (χ4v) is 0.932. The van der Waals surface area contributed by atoms with Crippen molar-refractivity contribution in [3.63, 3.8) is 0 Å². The summed E-state index contributed by atoms with van der Waals surface area (Å²) in [5, 5.41) is 10.1. The molecule has 0 aliphatic carbocycles. The summed E-state index contributed by atoms with van der Waals surface area (Å²) in [7, 11) is 0. The van der Waals surface area contributed by atoms with E-state index in [-0.39, 0.29) is 6.61 Å². The van der Waals surface area contributed by atoms with Crippen molar-refractivity contribution in [2.45, 2.75) is 6.54 Å². The Hall–Kier alpha value is -0.740. The zero-order chi connectivity index (χ0) is 7.40. The maximum atomic E-state index is 8.56. The van der Waals surface area contributed by atoms with Crippen LogP contribution in [0, 0.1) is 0 Å². The molecule has 0 aromatic carbocycles. The summed E-state index contributed by atoms with van der Waals surface area (Å²) < 4.78 is 1.80. The summed E-state index contributed by atoms with van der Waals surface area (Å²) in [6.07, 6.45) is 3.45. The van der Waals surface area contributed by atoms with Crippen molar-refractivity contribution in [2.75, 3.05) is 6.61 Å². The minimum atomic E-state index is 0.118. The van der Waals surface area contributed by atoms with E-state index in [4.69, 9.17) is 5.11 Å². The Bertz CT molecular complexity index is 221. The number of thiocarbonyl (C=S) groups is 1. The summed E-state index contributed by atoms with van der Waals surface area (Å²) >= 11 is 4.68. The first kappa shape index (κ1) is 7.37. The van der Waals surface area contributed by atoms with E-state index in [9.17, 15) is 0 Å². The van der Waals surface area contributed by atoms with Crippen molar-refractivity contribution >= 4 is 17.6 Å². The molecule has 0 aliphatic rings. The van der Waals surface area contributed by atoms with Crippen molar-refractivity contribution in [2.24, 2.45) is 0 Å². The van der Waals surface area contributed by atoms with Gasteiger partial charge >= 0.3 is 0 Å². The zero-order valence-corrected chi connectivity index (χ0v) is 6.21. The van der Waals surface area contributed by atoms with E-state index in [1.165, 1.54) is 5.37 Å². The highest BCUT2D eigenvalue weighted by Crippen LogP contribution is 1.92. The first-order valence-corrected chi connectivity index (χ1v) is 3.43. The summed E-state index contributed by atoms with van der Waals surface area (Å²) in [5.41, 5.74) is 0. The molecule has 0 radical (unpaired) electrons. The molecule has 1 aromatic rings. The van der Waals surface area contributed by atoms with Crippen LogP contribution in [0.3, 0.4) is 0 Å². The maximum absolute atomic E-state index is 8.56. The van der Waals surface area contributed by atoms with Gasteiger partial charge in [0.05, 0.1) is 6.61 Å². The van der Waals surface area contributed by atoms with Gasteiger partial charge in [0.15, 0.2) is 0 Å². The number of rotatable bonds is 3. The number of aliphatic hydroxyl groups excluding tert-OH is 1. The molecular formula is C6H8N2OS. The molecule has 0 unspecified atom stereocenters. The van der Waals surface area contributed by atoms with Crippen LogP contribution >= 0.6 is 12.2 Å². The summed E-state index contributed by atoms with van der Waals surface area (Å²) in [6, 6.07) is 0. The van der Waals surface area contributed by atoms with Crippen LogP contribution in [-0.4, -0.2) is 26.6 Å². The molecule has 1 heterocycles. The SMILES string of the molecule is OCCn1ccnc1C=S. The lowest BCUT2D eigenvalue weighted by atomic mass is 10.6. The van der Waals surface area contributed by atoms with Gasteiger partial charge in [0.2, 0.25) is 0 Å². The van der Waals surface area contributed by atoms with Crippen LogP contribution in [0.1, 0.15) is 5.82 Å². The molecule has 1 N–H and O–H groups in total. The largest absolute Gasteiger partial charge is 0.395 e. The lowest BCUT2D eigenvalue weighted by Gasteiger charge is -1.98. The van der Waals surface area contributed by atoms with Gasteiger partial charge in [0, 0.05) is 24.3 Å². The van der Waals surface area contributed by atoms with Crippen LogP contribution in [0.2, 0.25) is 0 Å².